The highest BCUT2D eigenvalue weighted by molar-refractivity contribution is 4.73. The van der Waals surface area contributed by atoms with Crippen LogP contribution in [0.1, 0.15) is 19.8 Å². The summed E-state index contributed by atoms with van der Waals surface area (Å²) in [5.74, 6) is 0. The quantitative estimate of drug-likeness (QED) is 0.414. The van der Waals surface area contributed by atoms with Gasteiger partial charge in [-0.3, -0.25) is 0 Å². The first kappa shape index (κ1) is 10.8. The van der Waals surface area contributed by atoms with Gasteiger partial charge < -0.3 is 20.4 Å². The lowest BCUT2D eigenvalue weighted by atomic mass is 10.0. The Bertz CT molecular complexity index is 96.4. The standard InChI is InChI=1S/C7H16O4/c1-2-3-5(9)7(11)6(10)4-8/h5-11H,2-4H2,1H3/t5-,6-,7+/m0/s1. The van der Waals surface area contributed by atoms with Gasteiger partial charge in [0.15, 0.2) is 0 Å². The average Bonchev–Trinajstić information content (AvgIpc) is 2.02. The van der Waals surface area contributed by atoms with E-state index in [0.717, 1.165) is 6.42 Å². The van der Waals surface area contributed by atoms with Crippen LogP contribution in [0, 0.1) is 0 Å². The van der Waals surface area contributed by atoms with E-state index in [-0.39, 0.29) is 0 Å². The number of hydrogen-bond donors (Lipinski definition) is 4. The van der Waals surface area contributed by atoms with E-state index < -0.39 is 24.9 Å². The summed E-state index contributed by atoms with van der Waals surface area (Å²) in [6.07, 6.45) is -2.26. The zero-order valence-corrected chi connectivity index (χ0v) is 6.64. The lowest BCUT2D eigenvalue weighted by Gasteiger charge is -2.20. The van der Waals surface area contributed by atoms with Crippen LogP contribution < -0.4 is 0 Å². The van der Waals surface area contributed by atoms with E-state index in [0.29, 0.717) is 6.42 Å². The van der Waals surface area contributed by atoms with Crippen molar-refractivity contribution in [2.45, 2.75) is 38.1 Å². The van der Waals surface area contributed by atoms with Crippen molar-refractivity contribution in [2.24, 2.45) is 0 Å². The molecule has 0 radical (unpaired) electrons. The van der Waals surface area contributed by atoms with Crippen LogP contribution in [0.5, 0.6) is 0 Å². The van der Waals surface area contributed by atoms with Gasteiger partial charge in [-0.25, -0.2) is 0 Å². The molecule has 3 atom stereocenters. The highest BCUT2D eigenvalue weighted by atomic mass is 16.4. The first-order valence-electron chi connectivity index (χ1n) is 3.78. The highest BCUT2D eigenvalue weighted by Gasteiger charge is 2.22. The number of rotatable bonds is 5. The summed E-state index contributed by atoms with van der Waals surface area (Å²) in [5, 5.41) is 35.4. The Morgan fingerprint density at radius 2 is 1.64 bits per heavy atom. The van der Waals surface area contributed by atoms with E-state index in [4.69, 9.17) is 20.4 Å². The van der Waals surface area contributed by atoms with Crippen molar-refractivity contribution in [1.29, 1.82) is 0 Å². The van der Waals surface area contributed by atoms with Crippen LogP contribution in [0.4, 0.5) is 0 Å². The van der Waals surface area contributed by atoms with Gasteiger partial charge >= 0.3 is 0 Å². The summed E-state index contributed by atoms with van der Waals surface area (Å²) in [5.41, 5.74) is 0. The summed E-state index contributed by atoms with van der Waals surface area (Å²) >= 11 is 0. The molecule has 0 fully saturated rings. The number of aliphatic hydroxyl groups excluding tert-OH is 4. The third-order valence-electron chi connectivity index (χ3n) is 1.56. The lowest BCUT2D eigenvalue weighted by molar-refractivity contribution is -0.0782. The van der Waals surface area contributed by atoms with E-state index in [2.05, 4.69) is 0 Å². The van der Waals surface area contributed by atoms with Crippen molar-refractivity contribution < 1.29 is 20.4 Å². The second-order valence-corrected chi connectivity index (χ2v) is 2.60. The average molecular weight is 164 g/mol. The third-order valence-corrected chi connectivity index (χ3v) is 1.56. The molecule has 4 N–H and O–H groups in total. The maximum absolute atomic E-state index is 9.10. The predicted molar refractivity (Wildman–Crippen MR) is 40.0 cm³/mol. The Labute approximate surface area is 66.1 Å². The molecule has 0 heterocycles. The van der Waals surface area contributed by atoms with Gasteiger partial charge in [0.2, 0.25) is 0 Å². The molecule has 0 aliphatic rings. The molecule has 0 aromatic carbocycles. The van der Waals surface area contributed by atoms with Crippen LogP contribution in [0.15, 0.2) is 0 Å². The normalized spacial score (nSPS) is 19.4. The fourth-order valence-corrected chi connectivity index (χ4v) is 0.831. The molecule has 0 aliphatic carbocycles. The van der Waals surface area contributed by atoms with Crippen molar-refractivity contribution in [3.63, 3.8) is 0 Å². The summed E-state index contributed by atoms with van der Waals surface area (Å²) in [4.78, 5) is 0. The van der Waals surface area contributed by atoms with E-state index in [1.165, 1.54) is 0 Å². The van der Waals surface area contributed by atoms with E-state index in [9.17, 15) is 0 Å². The number of hydrogen-bond acceptors (Lipinski definition) is 4. The highest BCUT2D eigenvalue weighted by Crippen LogP contribution is 2.05. The molecule has 4 nitrogen and oxygen atoms in total. The Morgan fingerprint density at radius 1 is 1.09 bits per heavy atom. The monoisotopic (exact) mass is 164 g/mol. The van der Waals surface area contributed by atoms with Crippen molar-refractivity contribution in [3.8, 4) is 0 Å². The van der Waals surface area contributed by atoms with Crippen LogP contribution >= 0.6 is 0 Å². The molecule has 4 heteroatoms. The molecule has 0 aliphatic heterocycles. The zero-order chi connectivity index (χ0) is 8.85. The van der Waals surface area contributed by atoms with Crippen molar-refractivity contribution in [2.75, 3.05) is 6.61 Å². The molecule has 0 unspecified atom stereocenters. The molecular weight excluding hydrogens is 148 g/mol. The summed E-state index contributed by atoms with van der Waals surface area (Å²) < 4.78 is 0. The summed E-state index contributed by atoms with van der Waals surface area (Å²) in [6.45, 7) is 1.34. The fourth-order valence-electron chi connectivity index (χ4n) is 0.831. The maximum atomic E-state index is 9.10. The van der Waals surface area contributed by atoms with Crippen LogP contribution in [0.3, 0.4) is 0 Å². The van der Waals surface area contributed by atoms with Gasteiger partial charge in [0.1, 0.15) is 12.2 Å². The number of aliphatic hydroxyl groups is 4. The second kappa shape index (κ2) is 5.49. The topological polar surface area (TPSA) is 80.9 Å². The summed E-state index contributed by atoms with van der Waals surface area (Å²) in [7, 11) is 0. The van der Waals surface area contributed by atoms with Gasteiger partial charge in [-0.15, -0.1) is 0 Å². The second-order valence-electron chi connectivity index (χ2n) is 2.60. The molecular formula is C7H16O4. The van der Waals surface area contributed by atoms with Gasteiger partial charge in [0.05, 0.1) is 12.7 Å². The summed E-state index contributed by atoms with van der Waals surface area (Å²) in [6, 6.07) is 0. The molecule has 11 heavy (non-hydrogen) atoms. The van der Waals surface area contributed by atoms with Gasteiger partial charge in [-0.05, 0) is 6.42 Å². The van der Waals surface area contributed by atoms with Gasteiger partial charge in [-0.2, -0.15) is 0 Å². The Hall–Kier alpha value is -0.160. The van der Waals surface area contributed by atoms with Gasteiger partial charge in [0, 0.05) is 0 Å². The van der Waals surface area contributed by atoms with Crippen molar-refractivity contribution >= 4 is 0 Å². The Balaban J connectivity index is 3.70. The molecule has 0 spiro atoms. The molecule has 0 rings (SSSR count). The minimum atomic E-state index is -1.24. The van der Waals surface area contributed by atoms with Crippen molar-refractivity contribution in [1.82, 2.24) is 0 Å². The first-order valence-corrected chi connectivity index (χ1v) is 3.78. The molecule has 0 aromatic rings. The van der Waals surface area contributed by atoms with E-state index in [1.807, 2.05) is 6.92 Å². The molecule has 0 saturated carbocycles. The van der Waals surface area contributed by atoms with Crippen LogP contribution in [-0.2, 0) is 0 Å². The van der Waals surface area contributed by atoms with Gasteiger partial charge in [-0.1, -0.05) is 13.3 Å². The first-order chi connectivity index (χ1) is 5.13. The molecule has 68 valence electrons. The maximum Gasteiger partial charge on any atom is 0.108 e. The van der Waals surface area contributed by atoms with Crippen LogP contribution in [-0.4, -0.2) is 45.3 Å². The van der Waals surface area contributed by atoms with Crippen molar-refractivity contribution in [3.05, 3.63) is 0 Å². The fraction of sp³-hybridized carbons (Fsp3) is 1.00. The Morgan fingerprint density at radius 3 is 2.00 bits per heavy atom. The molecule has 0 bridgehead atoms. The van der Waals surface area contributed by atoms with Crippen LogP contribution in [0.25, 0.3) is 0 Å². The Kier molecular flexibility index (Phi) is 5.41. The smallest absolute Gasteiger partial charge is 0.108 e. The molecule has 0 aromatic heterocycles. The van der Waals surface area contributed by atoms with E-state index >= 15 is 0 Å². The third kappa shape index (κ3) is 3.67. The molecule has 0 saturated heterocycles. The lowest BCUT2D eigenvalue weighted by Crippen LogP contribution is -2.39. The van der Waals surface area contributed by atoms with Gasteiger partial charge in [0.25, 0.3) is 0 Å². The van der Waals surface area contributed by atoms with E-state index in [1.54, 1.807) is 0 Å². The van der Waals surface area contributed by atoms with Crippen LogP contribution in [0.2, 0.25) is 0 Å². The minimum absolute atomic E-state index is 0.429. The predicted octanol–water partition coefficient (Wildman–Crippen LogP) is -1.14. The SMILES string of the molecule is CCC[C@H](O)[C@@H](O)[C@@H](O)CO. The molecule has 0 amide bonds. The minimum Gasteiger partial charge on any atom is -0.394 e. The largest absolute Gasteiger partial charge is 0.394 e. The zero-order valence-electron chi connectivity index (χ0n) is 6.64.